The van der Waals surface area contributed by atoms with E-state index >= 15 is 0 Å². The Morgan fingerprint density at radius 3 is 2.93 bits per heavy atom. The quantitative estimate of drug-likeness (QED) is 0.284. The fourth-order valence-corrected chi connectivity index (χ4v) is 0.959. The summed E-state index contributed by atoms with van der Waals surface area (Å²) in [6.07, 6.45) is 2.42. The fourth-order valence-electron chi connectivity index (χ4n) is 0.959. The number of guanidine groups is 1. The Labute approximate surface area is 85.2 Å². The SMILES string of the molecule is C=C(C)COCCN=C(N)NC1CC1. The Morgan fingerprint density at radius 2 is 2.36 bits per heavy atom. The Bertz CT molecular complexity index is 221. The summed E-state index contributed by atoms with van der Waals surface area (Å²) in [5, 5.41) is 3.11. The van der Waals surface area contributed by atoms with Gasteiger partial charge in [-0.3, -0.25) is 4.99 Å². The van der Waals surface area contributed by atoms with Crippen LogP contribution < -0.4 is 11.1 Å². The van der Waals surface area contributed by atoms with Crippen LogP contribution in [0.25, 0.3) is 0 Å². The standard InChI is InChI=1S/C10H19N3O/c1-8(2)7-14-6-5-12-10(11)13-9-3-4-9/h9H,1,3-7H2,2H3,(H3,11,12,13). The summed E-state index contributed by atoms with van der Waals surface area (Å²) in [6, 6.07) is 0.565. The second kappa shape index (κ2) is 5.65. The number of nitrogens with zero attached hydrogens (tertiary/aromatic N) is 1. The van der Waals surface area contributed by atoms with Gasteiger partial charge in [0, 0.05) is 6.04 Å². The molecule has 0 radical (unpaired) electrons. The predicted molar refractivity (Wildman–Crippen MR) is 58.3 cm³/mol. The normalized spacial score (nSPS) is 16.8. The highest BCUT2D eigenvalue weighted by Gasteiger charge is 2.21. The minimum Gasteiger partial charge on any atom is -0.375 e. The highest BCUT2D eigenvalue weighted by molar-refractivity contribution is 5.78. The molecule has 3 N–H and O–H groups in total. The van der Waals surface area contributed by atoms with E-state index in [1.807, 2.05) is 6.92 Å². The molecule has 0 saturated heterocycles. The summed E-state index contributed by atoms with van der Waals surface area (Å²) in [5.74, 6) is 0.534. The van der Waals surface area contributed by atoms with Gasteiger partial charge >= 0.3 is 0 Å². The van der Waals surface area contributed by atoms with Gasteiger partial charge in [0.1, 0.15) is 0 Å². The van der Waals surface area contributed by atoms with E-state index in [1.54, 1.807) is 0 Å². The van der Waals surface area contributed by atoms with Gasteiger partial charge in [-0.05, 0) is 19.8 Å². The van der Waals surface area contributed by atoms with E-state index in [4.69, 9.17) is 10.5 Å². The van der Waals surface area contributed by atoms with E-state index in [-0.39, 0.29) is 0 Å². The molecule has 0 aromatic heterocycles. The van der Waals surface area contributed by atoms with Crippen LogP contribution in [-0.2, 0) is 4.74 Å². The molecule has 80 valence electrons. The number of aliphatic imine (C=N–C) groups is 1. The van der Waals surface area contributed by atoms with Crippen molar-refractivity contribution in [3.63, 3.8) is 0 Å². The molecule has 14 heavy (non-hydrogen) atoms. The van der Waals surface area contributed by atoms with E-state index in [9.17, 15) is 0 Å². The summed E-state index contributed by atoms with van der Waals surface area (Å²) < 4.78 is 5.28. The summed E-state index contributed by atoms with van der Waals surface area (Å²) >= 11 is 0. The lowest BCUT2D eigenvalue weighted by molar-refractivity contribution is 0.164. The van der Waals surface area contributed by atoms with E-state index in [1.165, 1.54) is 12.8 Å². The highest BCUT2D eigenvalue weighted by atomic mass is 16.5. The van der Waals surface area contributed by atoms with Crippen LogP contribution in [0, 0.1) is 0 Å². The summed E-state index contributed by atoms with van der Waals surface area (Å²) in [4.78, 5) is 4.13. The van der Waals surface area contributed by atoms with Crippen molar-refractivity contribution in [1.29, 1.82) is 0 Å². The molecule has 1 aliphatic rings. The fraction of sp³-hybridized carbons (Fsp3) is 0.700. The molecule has 0 heterocycles. The van der Waals surface area contributed by atoms with Crippen molar-refractivity contribution in [2.24, 2.45) is 10.7 Å². The van der Waals surface area contributed by atoms with E-state index in [2.05, 4.69) is 16.9 Å². The third-order valence-corrected chi connectivity index (χ3v) is 1.80. The van der Waals surface area contributed by atoms with Crippen LogP contribution in [0.2, 0.25) is 0 Å². The Hall–Kier alpha value is -1.03. The maximum absolute atomic E-state index is 5.62. The molecule has 0 aromatic rings. The smallest absolute Gasteiger partial charge is 0.188 e. The van der Waals surface area contributed by atoms with Crippen molar-refractivity contribution in [2.75, 3.05) is 19.8 Å². The monoisotopic (exact) mass is 197 g/mol. The topological polar surface area (TPSA) is 59.6 Å². The maximum Gasteiger partial charge on any atom is 0.188 e. The van der Waals surface area contributed by atoms with Crippen molar-refractivity contribution in [3.8, 4) is 0 Å². The Morgan fingerprint density at radius 1 is 1.64 bits per heavy atom. The van der Waals surface area contributed by atoms with Crippen molar-refractivity contribution in [1.82, 2.24) is 5.32 Å². The molecule has 0 aromatic carbocycles. The number of hydrogen-bond acceptors (Lipinski definition) is 2. The average Bonchev–Trinajstić information content (AvgIpc) is 2.87. The minimum atomic E-state index is 0.534. The van der Waals surface area contributed by atoms with Gasteiger partial charge in [-0.25, -0.2) is 0 Å². The number of rotatable bonds is 6. The first-order valence-electron chi connectivity index (χ1n) is 4.97. The largest absolute Gasteiger partial charge is 0.375 e. The van der Waals surface area contributed by atoms with Crippen molar-refractivity contribution < 1.29 is 4.74 Å². The molecule has 1 saturated carbocycles. The molecular weight excluding hydrogens is 178 g/mol. The molecule has 0 spiro atoms. The average molecular weight is 197 g/mol. The van der Waals surface area contributed by atoms with Crippen molar-refractivity contribution in [2.45, 2.75) is 25.8 Å². The highest BCUT2D eigenvalue weighted by Crippen LogP contribution is 2.17. The first kappa shape index (κ1) is 11.0. The zero-order valence-electron chi connectivity index (χ0n) is 8.75. The molecule has 0 aliphatic heterocycles. The Kier molecular flexibility index (Phi) is 4.46. The van der Waals surface area contributed by atoms with Crippen molar-refractivity contribution >= 4 is 5.96 Å². The van der Waals surface area contributed by atoms with Crippen molar-refractivity contribution in [3.05, 3.63) is 12.2 Å². The second-order valence-corrected chi connectivity index (χ2v) is 3.70. The molecule has 1 rings (SSSR count). The van der Waals surface area contributed by atoms with Gasteiger partial charge in [0.25, 0.3) is 0 Å². The molecular formula is C10H19N3O. The number of hydrogen-bond donors (Lipinski definition) is 2. The first-order valence-corrected chi connectivity index (χ1v) is 4.97. The maximum atomic E-state index is 5.62. The molecule has 1 aliphatic carbocycles. The van der Waals surface area contributed by atoms with Gasteiger partial charge in [0.05, 0.1) is 19.8 Å². The van der Waals surface area contributed by atoms with Gasteiger partial charge < -0.3 is 15.8 Å². The van der Waals surface area contributed by atoms with Gasteiger partial charge in [-0.15, -0.1) is 0 Å². The van der Waals surface area contributed by atoms with Crippen LogP contribution in [0.4, 0.5) is 0 Å². The van der Waals surface area contributed by atoms with Gasteiger partial charge in [-0.2, -0.15) is 0 Å². The van der Waals surface area contributed by atoms with Gasteiger partial charge in [0.2, 0.25) is 0 Å². The predicted octanol–water partition coefficient (Wildman–Crippen LogP) is 0.646. The van der Waals surface area contributed by atoms with Crippen LogP contribution in [0.5, 0.6) is 0 Å². The number of ether oxygens (including phenoxy) is 1. The van der Waals surface area contributed by atoms with Crippen LogP contribution in [0.3, 0.4) is 0 Å². The zero-order chi connectivity index (χ0) is 10.4. The molecule has 1 fully saturated rings. The minimum absolute atomic E-state index is 0.534. The summed E-state index contributed by atoms with van der Waals surface area (Å²) in [5.41, 5.74) is 6.65. The molecule has 0 amide bonds. The number of nitrogens with one attached hydrogen (secondary N) is 1. The molecule has 0 atom stereocenters. The second-order valence-electron chi connectivity index (χ2n) is 3.70. The van der Waals surface area contributed by atoms with Crippen LogP contribution >= 0.6 is 0 Å². The summed E-state index contributed by atoms with van der Waals surface area (Å²) in [7, 11) is 0. The van der Waals surface area contributed by atoms with E-state index in [0.29, 0.717) is 31.8 Å². The molecule has 0 unspecified atom stereocenters. The Balaban J connectivity index is 1.97. The lowest BCUT2D eigenvalue weighted by Crippen LogP contribution is -2.33. The van der Waals surface area contributed by atoms with E-state index < -0.39 is 0 Å². The lowest BCUT2D eigenvalue weighted by Gasteiger charge is -2.03. The third kappa shape index (κ3) is 5.59. The molecule has 4 nitrogen and oxygen atoms in total. The van der Waals surface area contributed by atoms with Crippen LogP contribution in [0.1, 0.15) is 19.8 Å². The third-order valence-electron chi connectivity index (χ3n) is 1.80. The van der Waals surface area contributed by atoms with Gasteiger partial charge in [0.15, 0.2) is 5.96 Å². The van der Waals surface area contributed by atoms with Crippen LogP contribution in [0.15, 0.2) is 17.1 Å². The van der Waals surface area contributed by atoms with E-state index in [0.717, 1.165) is 5.57 Å². The lowest BCUT2D eigenvalue weighted by atomic mass is 10.4. The summed E-state index contributed by atoms with van der Waals surface area (Å²) in [6.45, 7) is 7.48. The number of nitrogens with two attached hydrogens (primary N) is 1. The van der Waals surface area contributed by atoms with Crippen LogP contribution in [-0.4, -0.2) is 31.8 Å². The first-order chi connectivity index (χ1) is 6.68. The molecule has 0 bridgehead atoms. The zero-order valence-corrected chi connectivity index (χ0v) is 8.75. The molecule has 4 heteroatoms. The van der Waals surface area contributed by atoms with Gasteiger partial charge in [-0.1, -0.05) is 12.2 Å².